The van der Waals surface area contributed by atoms with Crippen LogP contribution in [0.5, 0.6) is 11.5 Å². The molecule has 6 heteroatoms. The third kappa shape index (κ3) is 5.27. The van der Waals surface area contributed by atoms with Crippen LogP contribution in [-0.4, -0.2) is 74.8 Å². The van der Waals surface area contributed by atoms with Gasteiger partial charge >= 0.3 is 0 Å². The molecule has 0 bridgehead atoms. The number of rotatable bonds is 8. The van der Waals surface area contributed by atoms with E-state index in [1.807, 2.05) is 31.3 Å². The lowest BCUT2D eigenvalue weighted by atomic mass is 10.2. The Kier molecular flexibility index (Phi) is 8.04. The number of likely N-dealkylation sites (tertiary alicyclic amines) is 1. The van der Waals surface area contributed by atoms with Crippen molar-refractivity contribution in [3.8, 4) is 11.5 Å². The predicted octanol–water partition coefficient (Wildman–Crippen LogP) is 2.45. The Balaban J connectivity index is 1.85. The van der Waals surface area contributed by atoms with Gasteiger partial charge in [0, 0.05) is 26.2 Å². The third-order valence-electron chi connectivity index (χ3n) is 4.95. The maximum absolute atomic E-state index is 6.02. The van der Waals surface area contributed by atoms with E-state index >= 15 is 0 Å². The highest BCUT2D eigenvalue weighted by molar-refractivity contribution is 5.80. The first-order valence-electron chi connectivity index (χ1n) is 9.62. The molecular formula is C20H34N4O2. The van der Waals surface area contributed by atoms with Crippen LogP contribution >= 0.6 is 0 Å². The fraction of sp³-hybridized carbons (Fsp3) is 0.650. The number of benzene rings is 1. The summed E-state index contributed by atoms with van der Waals surface area (Å²) in [4.78, 5) is 9.34. The van der Waals surface area contributed by atoms with Gasteiger partial charge in [-0.2, -0.15) is 0 Å². The second-order valence-corrected chi connectivity index (χ2v) is 6.62. The molecular weight excluding hydrogens is 328 g/mol. The summed E-state index contributed by atoms with van der Waals surface area (Å²) >= 11 is 0. The number of nitrogens with zero attached hydrogens (tertiary/aromatic N) is 3. The molecule has 2 atom stereocenters. The lowest BCUT2D eigenvalue weighted by Gasteiger charge is -2.27. The summed E-state index contributed by atoms with van der Waals surface area (Å²) in [5.74, 6) is 2.47. The summed E-state index contributed by atoms with van der Waals surface area (Å²) in [6, 6.07) is 8.35. The molecule has 1 heterocycles. The Hall–Kier alpha value is -1.95. The summed E-state index contributed by atoms with van der Waals surface area (Å²) in [6.07, 6.45) is 1.19. The maximum Gasteiger partial charge on any atom is 0.193 e. The van der Waals surface area contributed by atoms with Gasteiger partial charge in [-0.15, -0.1) is 0 Å². The number of nitrogens with one attached hydrogen (secondary N) is 1. The number of ether oxygens (including phenoxy) is 2. The van der Waals surface area contributed by atoms with E-state index in [-0.39, 0.29) is 6.10 Å². The lowest BCUT2D eigenvalue weighted by Crippen LogP contribution is -2.45. The normalized spacial score (nSPS) is 18.9. The van der Waals surface area contributed by atoms with Crippen LogP contribution in [0.3, 0.4) is 0 Å². The Morgan fingerprint density at radius 3 is 2.62 bits per heavy atom. The molecule has 0 amide bonds. The first-order chi connectivity index (χ1) is 12.6. The Labute approximate surface area is 158 Å². The quantitative estimate of drug-likeness (QED) is 0.569. The summed E-state index contributed by atoms with van der Waals surface area (Å²) in [7, 11) is 3.51. The second-order valence-electron chi connectivity index (χ2n) is 6.62. The van der Waals surface area contributed by atoms with Gasteiger partial charge in [0.1, 0.15) is 6.10 Å². The van der Waals surface area contributed by atoms with Gasteiger partial charge in [0.05, 0.1) is 13.7 Å². The highest BCUT2D eigenvalue weighted by Gasteiger charge is 2.28. The highest BCUT2D eigenvalue weighted by Crippen LogP contribution is 2.26. The first kappa shape index (κ1) is 20.4. The molecule has 1 saturated heterocycles. The van der Waals surface area contributed by atoms with Crippen molar-refractivity contribution in [2.45, 2.75) is 39.3 Å². The van der Waals surface area contributed by atoms with Gasteiger partial charge in [0.15, 0.2) is 17.5 Å². The smallest absolute Gasteiger partial charge is 0.193 e. The summed E-state index contributed by atoms with van der Waals surface area (Å²) in [5.41, 5.74) is 0. The summed E-state index contributed by atoms with van der Waals surface area (Å²) in [6.45, 7) is 11.5. The number of aliphatic imine (C=N–C) groups is 1. The van der Waals surface area contributed by atoms with Gasteiger partial charge < -0.3 is 19.7 Å². The number of para-hydroxylation sites is 2. The zero-order valence-corrected chi connectivity index (χ0v) is 16.9. The Bertz CT molecular complexity index is 575. The summed E-state index contributed by atoms with van der Waals surface area (Å²) in [5, 5.41) is 3.46. The van der Waals surface area contributed by atoms with Gasteiger partial charge in [-0.25, -0.2) is 0 Å². The molecule has 1 aliphatic rings. The number of guanidine groups is 1. The van der Waals surface area contributed by atoms with Gasteiger partial charge in [-0.1, -0.05) is 26.0 Å². The van der Waals surface area contributed by atoms with Crippen molar-refractivity contribution in [1.29, 1.82) is 0 Å². The molecule has 0 radical (unpaired) electrons. The molecule has 2 rings (SSSR count). The van der Waals surface area contributed by atoms with Crippen molar-refractivity contribution in [3.63, 3.8) is 0 Å². The predicted molar refractivity (Wildman–Crippen MR) is 107 cm³/mol. The zero-order chi connectivity index (χ0) is 18.9. The van der Waals surface area contributed by atoms with E-state index in [2.05, 4.69) is 40.9 Å². The van der Waals surface area contributed by atoms with Gasteiger partial charge in [0.2, 0.25) is 0 Å². The lowest BCUT2D eigenvalue weighted by molar-refractivity contribution is 0.210. The second kappa shape index (κ2) is 10.3. The number of methoxy groups -OCH3 is 1. The molecule has 1 aromatic rings. The van der Waals surface area contributed by atoms with Crippen LogP contribution in [0.25, 0.3) is 0 Å². The minimum Gasteiger partial charge on any atom is -0.493 e. The third-order valence-corrected chi connectivity index (χ3v) is 4.95. The molecule has 0 aliphatic carbocycles. The van der Waals surface area contributed by atoms with E-state index < -0.39 is 0 Å². The SMILES string of the molecule is CCN(CC)C1CCN(C(=NC)NCC(C)Oc2ccccc2OC)C1. The molecule has 1 aliphatic heterocycles. The van der Waals surface area contributed by atoms with Crippen LogP contribution in [0.2, 0.25) is 0 Å². The molecule has 0 aromatic heterocycles. The molecule has 0 spiro atoms. The first-order valence-corrected chi connectivity index (χ1v) is 9.62. The van der Waals surface area contributed by atoms with Crippen molar-refractivity contribution in [1.82, 2.24) is 15.1 Å². The summed E-state index contributed by atoms with van der Waals surface area (Å²) < 4.78 is 11.4. The van der Waals surface area contributed by atoms with Gasteiger partial charge in [0.25, 0.3) is 0 Å². The van der Waals surface area contributed by atoms with E-state index in [0.717, 1.165) is 43.6 Å². The molecule has 0 saturated carbocycles. The van der Waals surface area contributed by atoms with E-state index in [1.54, 1.807) is 7.11 Å². The van der Waals surface area contributed by atoms with Crippen molar-refractivity contribution in [2.75, 3.05) is 46.9 Å². The fourth-order valence-electron chi connectivity index (χ4n) is 3.51. The topological polar surface area (TPSA) is 49.3 Å². The minimum atomic E-state index is 0.00392. The standard InChI is InChI=1S/C20H34N4O2/c1-6-23(7-2)17-12-13-24(15-17)20(21-4)22-14-16(3)26-19-11-9-8-10-18(19)25-5/h8-11,16-17H,6-7,12-15H2,1-5H3,(H,21,22). The Morgan fingerprint density at radius 2 is 2.00 bits per heavy atom. The molecule has 6 nitrogen and oxygen atoms in total. The van der Waals surface area contributed by atoms with Crippen molar-refractivity contribution in [3.05, 3.63) is 24.3 Å². The fourth-order valence-corrected chi connectivity index (χ4v) is 3.51. The van der Waals surface area contributed by atoms with Crippen LogP contribution in [0, 0.1) is 0 Å². The molecule has 2 unspecified atom stereocenters. The largest absolute Gasteiger partial charge is 0.493 e. The van der Waals surface area contributed by atoms with E-state index in [0.29, 0.717) is 12.6 Å². The molecule has 146 valence electrons. The highest BCUT2D eigenvalue weighted by atomic mass is 16.5. The van der Waals surface area contributed by atoms with E-state index in [1.165, 1.54) is 6.42 Å². The number of hydrogen-bond acceptors (Lipinski definition) is 4. The van der Waals surface area contributed by atoms with Gasteiger partial charge in [-0.3, -0.25) is 9.89 Å². The van der Waals surface area contributed by atoms with Crippen LogP contribution in [0.4, 0.5) is 0 Å². The molecule has 26 heavy (non-hydrogen) atoms. The molecule has 1 fully saturated rings. The van der Waals surface area contributed by atoms with E-state index in [4.69, 9.17) is 9.47 Å². The monoisotopic (exact) mass is 362 g/mol. The average Bonchev–Trinajstić information content (AvgIpc) is 3.13. The minimum absolute atomic E-state index is 0.00392. The Morgan fingerprint density at radius 1 is 1.31 bits per heavy atom. The number of likely N-dealkylation sites (N-methyl/N-ethyl adjacent to an activating group) is 1. The van der Waals surface area contributed by atoms with Crippen molar-refractivity contribution in [2.24, 2.45) is 4.99 Å². The molecule has 1 N–H and O–H groups in total. The van der Waals surface area contributed by atoms with Crippen LogP contribution < -0.4 is 14.8 Å². The molecule has 1 aromatic carbocycles. The van der Waals surface area contributed by atoms with Gasteiger partial charge in [-0.05, 0) is 38.6 Å². The average molecular weight is 363 g/mol. The maximum atomic E-state index is 6.02. The van der Waals surface area contributed by atoms with Crippen LogP contribution in [0.1, 0.15) is 27.2 Å². The van der Waals surface area contributed by atoms with Crippen molar-refractivity contribution < 1.29 is 9.47 Å². The van der Waals surface area contributed by atoms with Crippen LogP contribution in [0.15, 0.2) is 29.3 Å². The number of hydrogen-bond donors (Lipinski definition) is 1. The van der Waals surface area contributed by atoms with E-state index in [9.17, 15) is 0 Å². The van der Waals surface area contributed by atoms with Crippen LogP contribution in [-0.2, 0) is 0 Å². The zero-order valence-electron chi connectivity index (χ0n) is 16.9. The van der Waals surface area contributed by atoms with Crippen molar-refractivity contribution >= 4 is 5.96 Å².